The quantitative estimate of drug-likeness (QED) is 0.934. The molecule has 20 heavy (non-hydrogen) atoms. The summed E-state index contributed by atoms with van der Waals surface area (Å²) in [6.45, 7) is 7.13. The highest BCUT2D eigenvalue weighted by molar-refractivity contribution is 5.24. The molecular weight excluding hydrogens is 252 g/mol. The Balaban J connectivity index is 1.78. The number of aromatic nitrogens is 3. The van der Waals surface area contributed by atoms with Crippen molar-refractivity contribution in [1.29, 1.82) is 0 Å². The maximum absolute atomic E-state index is 5.61. The first-order chi connectivity index (χ1) is 9.53. The molecule has 1 aliphatic rings. The van der Waals surface area contributed by atoms with Crippen LogP contribution in [0.15, 0.2) is 17.0 Å². The SMILES string of the molecule is CC(C)(C)NCc1coc(-n2cnc3c2CCCC3)n1. The average Bonchev–Trinajstić information content (AvgIpc) is 3.01. The normalized spacial score (nSPS) is 15.3. The zero-order chi connectivity index (χ0) is 14.2. The molecule has 108 valence electrons. The highest BCUT2D eigenvalue weighted by Crippen LogP contribution is 2.22. The molecule has 0 aromatic carbocycles. The Labute approximate surface area is 119 Å². The van der Waals surface area contributed by atoms with Gasteiger partial charge >= 0.3 is 6.01 Å². The van der Waals surface area contributed by atoms with Crippen LogP contribution in [-0.4, -0.2) is 20.1 Å². The van der Waals surface area contributed by atoms with Crippen LogP contribution in [0.25, 0.3) is 6.01 Å². The summed E-state index contributed by atoms with van der Waals surface area (Å²) in [6, 6.07) is 0.631. The van der Waals surface area contributed by atoms with Crippen molar-refractivity contribution >= 4 is 0 Å². The smallest absolute Gasteiger partial charge is 0.307 e. The number of nitrogens with one attached hydrogen (secondary N) is 1. The summed E-state index contributed by atoms with van der Waals surface area (Å²) in [4.78, 5) is 9.03. The second kappa shape index (κ2) is 5.05. The van der Waals surface area contributed by atoms with Crippen LogP contribution in [0.5, 0.6) is 0 Å². The molecule has 0 bridgehead atoms. The first-order valence-corrected chi connectivity index (χ1v) is 7.28. The second-order valence-electron chi connectivity index (χ2n) is 6.44. The van der Waals surface area contributed by atoms with Crippen LogP contribution >= 0.6 is 0 Å². The van der Waals surface area contributed by atoms with E-state index in [1.165, 1.54) is 24.2 Å². The highest BCUT2D eigenvalue weighted by Gasteiger charge is 2.19. The first kappa shape index (κ1) is 13.4. The Bertz CT molecular complexity index is 591. The van der Waals surface area contributed by atoms with Gasteiger partial charge < -0.3 is 9.73 Å². The van der Waals surface area contributed by atoms with Crippen LogP contribution in [0.4, 0.5) is 0 Å². The molecule has 0 aliphatic heterocycles. The van der Waals surface area contributed by atoms with Gasteiger partial charge in [0, 0.05) is 12.1 Å². The fraction of sp³-hybridized carbons (Fsp3) is 0.600. The van der Waals surface area contributed by atoms with E-state index in [4.69, 9.17) is 4.42 Å². The van der Waals surface area contributed by atoms with Crippen molar-refractivity contribution in [2.75, 3.05) is 0 Å². The van der Waals surface area contributed by atoms with Gasteiger partial charge in [0.05, 0.1) is 17.1 Å². The highest BCUT2D eigenvalue weighted by atomic mass is 16.4. The molecule has 1 aliphatic carbocycles. The molecule has 5 nitrogen and oxygen atoms in total. The standard InChI is InChI=1S/C15H22N4O/c1-15(2,3)17-8-11-9-20-14(18-11)19-10-16-12-6-4-5-7-13(12)19/h9-10,17H,4-8H2,1-3H3. The molecule has 0 unspecified atom stereocenters. The van der Waals surface area contributed by atoms with Crippen LogP contribution in [-0.2, 0) is 19.4 Å². The topological polar surface area (TPSA) is 55.9 Å². The third kappa shape index (κ3) is 2.77. The van der Waals surface area contributed by atoms with E-state index in [2.05, 4.69) is 36.1 Å². The molecule has 0 amide bonds. The zero-order valence-electron chi connectivity index (χ0n) is 12.4. The predicted octanol–water partition coefficient (Wildman–Crippen LogP) is 2.63. The van der Waals surface area contributed by atoms with E-state index in [-0.39, 0.29) is 5.54 Å². The number of hydrogen-bond acceptors (Lipinski definition) is 4. The molecule has 0 saturated carbocycles. The van der Waals surface area contributed by atoms with Gasteiger partial charge in [0.2, 0.25) is 0 Å². The van der Waals surface area contributed by atoms with Crippen LogP contribution in [0, 0.1) is 0 Å². The lowest BCUT2D eigenvalue weighted by atomic mass is 10.0. The molecule has 2 aromatic rings. The van der Waals surface area contributed by atoms with Gasteiger partial charge in [-0.3, -0.25) is 4.57 Å². The van der Waals surface area contributed by atoms with E-state index in [1.54, 1.807) is 6.26 Å². The Hall–Kier alpha value is -1.62. The van der Waals surface area contributed by atoms with Crippen molar-refractivity contribution < 1.29 is 4.42 Å². The molecule has 5 heteroatoms. The van der Waals surface area contributed by atoms with Gasteiger partial charge in [-0.2, -0.15) is 4.98 Å². The lowest BCUT2D eigenvalue weighted by Crippen LogP contribution is -2.35. The third-order valence-electron chi connectivity index (χ3n) is 3.58. The number of oxazole rings is 1. The van der Waals surface area contributed by atoms with Crippen LogP contribution < -0.4 is 5.32 Å². The number of fused-ring (bicyclic) bond motifs is 1. The molecule has 1 N–H and O–H groups in total. The van der Waals surface area contributed by atoms with Crippen molar-refractivity contribution in [3.05, 3.63) is 29.7 Å². The van der Waals surface area contributed by atoms with Crippen LogP contribution in [0.2, 0.25) is 0 Å². The minimum atomic E-state index is 0.0767. The summed E-state index contributed by atoms with van der Waals surface area (Å²) < 4.78 is 7.61. The summed E-state index contributed by atoms with van der Waals surface area (Å²) in [5.74, 6) is 0. The van der Waals surface area contributed by atoms with E-state index in [9.17, 15) is 0 Å². The fourth-order valence-corrected chi connectivity index (χ4v) is 2.48. The van der Waals surface area contributed by atoms with Gasteiger partial charge in [-0.05, 0) is 46.5 Å². The third-order valence-corrected chi connectivity index (χ3v) is 3.58. The maximum atomic E-state index is 5.61. The van der Waals surface area contributed by atoms with Crippen molar-refractivity contribution in [3.8, 4) is 6.01 Å². The molecule has 0 spiro atoms. The van der Waals surface area contributed by atoms with Gasteiger partial charge in [-0.1, -0.05) is 0 Å². The van der Waals surface area contributed by atoms with Crippen molar-refractivity contribution in [2.45, 2.75) is 58.5 Å². The lowest BCUT2D eigenvalue weighted by Gasteiger charge is -2.19. The number of imidazole rings is 1. The Morgan fingerprint density at radius 2 is 2.10 bits per heavy atom. The molecular formula is C15H22N4O. The minimum Gasteiger partial charge on any atom is -0.431 e. The molecule has 2 heterocycles. The van der Waals surface area contributed by atoms with Crippen LogP contribution in [0.3, 0.4) is 0 Å². The number of nitrogens with zero attached hydrogens (tertiary/aromatic N) is 3. The lowest BCUT2D eigenvalue weighted by molar-refractivity contribution is 0.421. The van der Waals surface area contributed by atoms with Crippen molar-refractivity contribution in [3.63, 3.8) is 0 Å². The first-order valence-electron chi connectivity index (χ1n) is 7.28. The Morgan fingerprint density at radius 3 is 2.90 bits per heavy atom. The van der Waals surface area contributed by atoms with E-state index in [0.29, 0.717) is 12.6 Å². The Kier molecular flexibility index (Phi) is 3.38. The minimum absolute atomic E-state index is 0.0767. The molecule has 0 radical (unpaired) electrons. The van der Waals surface area contributed by atoms with Crippen LogP contribution in [0.1, 0.15) is 50.7 Å². The van der Waals surface area contributed by atoms with Gasteiger partial charge in [-0.25, -0.2) is 4.98 Å². The average molecular weight is 274 g/mol. The zero-order valence-corrected chi connectivity index (χ0v) is 12.4. The fourth-order valence-electron chi connectivity index (χ4n) is 2.48. The molecule has 0 saturated heterocycles. The Morgan fingerprint density at radius 1 is 1.30 bits per heavy atom. The number of rotatable bonds is 3. The molecule has 2 aromatic heterocycles. The van der Waals surface area contributed by atoms with Gasteiger partial charge in [0.25, 0.3) is 0 Å². The van der Waals surface area contributed by atoms with E-state index < -0.39 is 0 Å². The molecule has 0 atom stereocenters. The van der Waals surface area contributed by atoms with E-state index in [0.717, 1.165) is 18.5 Å². The number of aryl methyl sites for hydroxylation is 1. The second-order valence-corrected chi connectivity index (χ2v) is 6.44. The largest absolute Gasteiger partial charge is 0.431 e. The van der Waals surface area contributed by atoms with Crippen molar-refractivity contribution in [1.82, 2.24) is 19.9 Å². The summed E-state index contributed by atoms with van der Waals surface area (Å²) in [5.41, 5.74) is 3.46. The number of hydrogen-bond donors (Lipinski definition) is 1. The van der Waals surface area contributed by atoms with Crippen molar-refractivity contribution in [2.24, 2.45) is 0 Å². The molecule has 0 fully saturated rings. The predicted molar refractivity (Wildman–Crippen MR) is 76.9 cm³/mol. The van der Waals surface area contributed by atoms with E-state index in [1.807, 2.05) is 10.9 Å². The maximum Gasteiger partial charge on any atom is 0.307 e. The summed E-state index contributed by atoms with van der Waals surface area (Å²) in [6.07, 6.45) is 8.15. The summed E-state index contributed by atoms with van der Waals surface area (Å²) >= 11 is 0. The summed E-state index contributed by atoms with van der Waals surface area (Å²) in [5, 5.41) is 3.41. The van der Waals surface area contributed by atoms with Gasteiger partial charge in [0.15, 0.2) is 0 Å². The van der Waals surface area contributed by atoms with Gasteiger partial charge in [0.1, 0.15) is 12.6 Å². The van der Waals surface area contributed by atoms with Gasteiger partial charge in [-0.15, -0.1) is 0 Å². The summed E-state index contributed by atoms with van der Waals surface area (Å²) in [7, 11) is 0. The molecule has 3 rings (SSSR count). The van der Waals surface area contributed by atoms with E-state index >= 15 is 0 Å². The monoisotopic (exact) mass is 274 g/mol.